The second-order valence-electron chi connectivity index (χ2n) is 6.06. The lowest BCUT2D eigenvalue weighted by Crippen LogP contribution is -2.32. The van der Waals surface area contributed by atoms with Gasteiger partial charge < -0.3 is 5.32 Å². The minimum Gasteiger partial charge on any atom is -0.317 e. The molecule has 0 aliphatic carbocycles. The van der Waals surface area contributed by atoms with Crippen molar-refractivity contribution in [2.24, 2.45) is 5.10 Å². The second-order valence-corrected chi connectivity index (χ2v) is 7.44. The number of halogens is 1. The third-order valence-corrected chi connectivity index (χ3v) is 5.07. The molecule has 2 aromatic carbocycles. The number of hydrogen-bond donors (Lipinski definition) is 2. The molecular formula is C21H15ClN4O4S. The number of nitrogens with one attached hydrogen (secondary N) is 2. The number of amides is 2. The van der Waals surface area contributed by atoms with Gasteiger partial charge in [-0.3, -0.25) is 19.7 Å². The first-order valence-corrected chi connectivity index (χ1v) is 10.1. The predicted octanol–water partition coefficient (Wildman–Crippen LogP) is 4.23. The lowest BCUT2D eigenvalue weighted by atomic mass is 10.2. The van der Waals surface area contributed by atoms with Crippen LogP contribution in [0.5, 0.6) is 0 Å². The van der Waals surface area contributed by atoms with Crippen molar-refractivity contribution in [2.45, 2.75) is 0 Å². The van der Waals surface area contributed by atoms with E-state index in [0.29, 0.717) is 5.56 Å². The summed E-state index contributed by atoms with van der Waals surface area (Å²) in [6.45, 7) is 0. The summed E-state index contributed by atoms with van der Waals surface area (Å²) in [5.74, 6) is -1.19. The van der Waals surface area contributed by atoms with E-state index in [4.69, 9.17) is 11.6 Å². The molecular weight excluding hydrogens is 440 g/mol. The molecule has 0 unspecified atom stereocenters. The minimum absolute atomic E-state index is 0.0202. The van der Waals surface area contributed by atoms with E-state index in [2.05, 4.69) is 15.8 Å². The van der Waals surface area contributed by atoms with Crippen molar-refractivity contribution in [1.29, 1.82) is 0 Å². The Balaban J connectivity index is 1.74. The molecule has 0 aliphatic rings. The quantitative estimate of drug-likeness (QED) is 0.240. The van der Waals surface area contributed by atoms with Crippen molar-refractivity contribution >= 4 is 52.7 Å². The van der Waals surface area contributed by atoms with E-state index in [1.165, 1.54) is 47.9 Å². The second kappa shape index (κ2) is 10.3. The van der Waals surface area contributed by atoms with Crippen LogP contribution in [-0.2, 0) is 4.79 Å². The molecule has 8 nitrogen and oxygen atoms in total. The summed E-state index contributed by atoms with van der Waals surface area (Å²) >= 11 is 7.45. The maximum Gasteiger partial charge on any atom is 0.287 e. The topological polar surface area (TPSA) is 114 Å². The van der Waals surface area contributed by atoms with Crippen LogP contribution >= 0.6 is 22.9 Å². The normalized spacial score (nSPS) is 11.3. The van der Waals surface area contributed by atoms with Crippen molar-refractivity contribution in [2.75, 3.05) is 0 Å². The molecule has 2 N–H and O–H groups in total. The van der Waals surface area contributed by atoms with Gasteiger partial charge in [-0.05, 0) is 47.4 Å². The number of hydrogen-bond acceptors (Lipinski definition) is 6. The van der Waals surface area contributed by atoms with E-state index >= 15 is 0 Å². The molecule has 156 valence electrons. The zero-order valence-corrected chi connectivity index (χ0v) is 17.4. The number of nitro groups is 1. The minimum atomic E-state index is -0.646. The molecule has 0 spiro atoms. The first kappa shape index (κ1) is 21.9. The van der Waals surface area contributed by atoms with Gasteiger partial charge in [0, 0.05) is 17.0 Å². The first-order valence-electron chi connectivity index (χ1n) is 8.83. The fraction of sp³-hybridized carbons (Fsp3) is 0. The van der Waals surface area contributed by atoms with Crippen LogP contribution in [-0.4, -0.2) is 23.0 Å². The van der Waals surface area contributed by atoms with Crippen LogP contribution in [0.3, 0.4) is 0 Å². The number of benzene rings is 2. The molecule has 31 heavy (non-hydrogen) atoms. The molecule has 0 fully saturated rings. The smallest absolute Gasteiger partial charge is 0.287 e. The molecule has 0 saturated heterocycles. The van der Waals surface area contributed by atoms with E-state index in [1.807, 2.05) is 11.4 Å². The van der Waals surface area contributed by atoms with Crippen molar-refractivity contribution in [3.63, 3.8) is 0 Å². The summed E-state index contributed by atoms with van der Waals surface area (Å²) in [4.78, 5) is 36.2. The molecule has 0 aliphatic heterocycles. The summed E-state index contributed by atoms with van der Waals surface area (Å²) in [7, 11) is 0. The van der Waals surface area contributed by atoms with Crippen LogP contribution in [0.4, 0.5) is 5.69 Å². The van der Waals surface area contributed by atoms with Gasteiger partial charge in [0.1, 0.15) is 5.70 Å². The van der Waals surface area contributed by atoms with E-state index in [1.54, 1.807) is 30.3 Å². The van der Waals surface area contributed by atoms with Gasteiger partial charge >= 0.3 is 0 Å². The number of nitro benzene ring substituents is 1. The molecule has 0 bridgehead atoms. The lowest BCUT2D eigenvalue weighted by Gasteiger charge is -2.09. The van der Waals surface area contributed by atoms with Crippen LogP contribution in [0.15, 0.2) is 76.8 Å². The third kappa shape index (κ3) is 6.08. The maximum atomic E-state index is 12.6. The first-order chi connectivity index (χ1) is 14.9. The fourth-order valence-corrected chi connectivity index (χ4v) is 3.30. The molecule has 1 aromatic heterocycles. The maximum absolute atomic E-state index is 12.6. The van der Waals surface area contributed by atoms with Crippen LogP contribution in [0.1, 0.15) is 20.8 Å². The molecule has 3 aromatic rings. The van der Waals surface area contributed by atoms with Gasteiger partial charge in [0.05, 0.1) is 21.7 Å². The molecule has 2 amide bonds. The van der Waals surface area contributed by atoms with Crippen molar-refractivity contribution in [1.82, 2.24) is 10.7 Å². The highest BCUT2D eigenvalue weighted by atomic mass is 35.5. The van der Waals surface area contributed by atoms with Gasteiger partial charge in [-0.15, -0.1) is 11.3 Å². The van der Waals surface area contributed by atoms with E-state index in [0.717, 1.165) is 4.88 Å². The average Bonchev–Trinajstić information content (AvgIpc) is 3.27. The van der Waals surface area contributed by atoms with Crippen molar-refractivity contribution in [3.8, 4) is 0 Å². The summed E-state index contributed by atoms with van der Waals surface area (Å²) in [5, 5.41) is 19.2. The zero-order valence-electron chi connectivity index (χ0n) is 15.8. The van der Waals surface area contributed by atoms with Gasteiger partial charge in [-0.1, -0.05) is 29.8 Å². The number of carbonyl (C=O) groups is 2. The number of rotatable bonds is 7. The van der Waals surface area contributed by atoms with Gasteiger partial charge in [-0.25, -0.2) is 5.43 Å². The van der Waals surface area contributed by atoms with Crippen LogP contribution in [0.25, 0.3) is 6.08 Å². The monoisotopic (exact) mass is 454 g/mol. The Morgan fingerprint density at radius 1 is 1.06 bits per heavy atom. The van der Waals surface area contributed by atoms with Gasteiger partial charge in [-0.2, -0.15) is 5.10 Å². The highest BCUT2D eigenvalue weighted by Crippen LogP contribution is 2.17. The van der Waals surface area contributed by atoms with Crippen LogP contribution in [0, 0.1) is 10.1 Å². The van der Waals surface area contributed by atoms with Crippen LogP contribution < -0.4 is 10.7 Å². The number of carbonyl (C=O) groups excluding carboxylic acids is 2. The Morgan fingerprint density at radius 3 is 2.45 bits per heavy atom. The van der Waals surface area contributed by atoms with Gasteiger partial charge in [0.15, 0.2) is 0 Å². The molecule has 0 saturated carbocycles. The Bertz CT molecular complexity index is 1160. The standard InChI is InChI=1S/C21H15ClN4O4S/c22-18-6-2-1-5-17(18)20(27)24-19(12-16-4-3-11-31-16)21(28)25-23-13-14-7-9-15(10-8-14)26(29)30/h1-13H,(H,24,27)(H,25,28)/b19-12+,23-13-. The number of hydrazone groups is 1. The largest absolute Gasteiger partial charge is 0.317 e. The fourth-order valence-electron chi connectivity index (χ4n) is 2.42. The number of nitrogens with zero attached hydrogens (tertiary/aromatic N) is 2. The third-order valence-electron chi connectivity index (χ3n) is 3.92. The Morgan fingerprint density at radius 2 is 1.81 bits per heavy atom. The van der Waals surface area contributed by atoms with Gasteiger partial charge in [0.2, 0.25) is 0 Å². The summed E-state index contributed by atoms with van der Waals surface area (Å²) in [5.41, 5.74) is 3.04. The Hall–Kier alpha value is -3.82. The molecule has 0 atom stereocenters. The van der Waals surface area contributed by atoms with E-state index in [-0.39, 0.29) is 22.0 Å². The van der Waals surface area contributed by atoms with E-state index in [9.17, 15) is 19.7 Å². The number of non-ortho nitro benzene ring substituents is 1. The van der Waals surface area contributed by atoms with Crippen LogP contribution in [0.2, 0.25) is 5.02 Å². The SMILES string of the molecule is O=C(N/N=C\c1ccc([N+](=O)[O-])cc1)/C(=C\c1cccs1)NC(=O)c1ccccc1Cl. The van der Waals surface area contributed by atoms with Crippen molar-refractivity contribution in [3.05, 3.63) is 103 Å². The molecule has 0 radical (unpaired) electrons. The van der Waals surface area contributed by atoms with Gasteiger partial charge in [0.25, 0.3) is 17.5 Å². The average molecular weight is 455 g/mol. The molecule has 10 heteroatoms. The summed E-state index contributed by atoms with van der Waals surface area (Å²) in [6, 6.07) is 15.7. The Kier molecular flexibility index (Phi) is 7.26. The summed E-state index contributed by atoms with van der Waals surface area (Å²) in [6.07, 6.45) is 2.86. The molecule has 1 heterocycles. The highest BCUT2D eigenvalue weighted by molar-refractivity contribution is 7.10. The highest BCUT2D eigenvalue weighted by Gasteiger charge is 2.16. The number of thiophene rings is 1. The molecule has 3 rings (SSSR count). The lowest BCUT2D eigenvalue weighted by molar-refractivity contribution is -0.384. The zero-order chi connectivity index (χ0) is 22.2. The van der Waals surface area contributed by atoms with Crippen molar-refractivity contribution < 1.29 is 14.5 Å². The predicted molar refractivity (Wildman–Crippen MR) is 120 cm³/mol. The van der Waals surface area contributed by atoms with E-state index < -0.39 is 16.7 Å². The summed E-state index contributed by atoms with van der Waals surface area (Å²) < 4.78 is 0. The Labute approximate surface area is 186 Å².